The lowest BCUT2D eigenvalue weighted by Crippen LogP contribution is -2.48. The van der Waals surface area contributed by atoms with Gasteiger partial charge in [-0.3, -0.25) is 9.59 Å². The number of carboxylic acid groups (broad SMARTS) is 1. The molecular formula is C12H22N2O3. The molecule has 5 heteroatoms. The molecule has 3 N–H and O–H groups in total. The van der Waals surface area contributed by atoms with Crippen molar-refractivity contribution in [3.63, 3.8) is 0 Å². The highest BCUT2D eigenvalue weighted by molar-refractivity contribution is 5.81. The van der Waals surface area contributed by atoms with Gasteiger partial charge in [0, 0.05) is 19.5 Å². The van der Waals surface area contributed by atoms with Crippen LogP contribution in [-0.2, 0) is 9.59 Å². The van der Waals surface area contributed by atoms with Crippen molar-refractivity contribution in [3.05, 3.63) is 0 Å². The van der Waals surface area contributed by atoms with Crippen LogP contribution in [-0.4, -0.2) is 41.0 Å². The predicted molar refractivity (Wildman–Crippen MR) is 64.4 cm³/mol. The Hall–Kier alpha value is -1.10. The van der Waals surface area contributed by atoms with E-state index in [1.807, 2.05) is 6.92 Å². The summed E-state index contributed by atoms with van der Waals surface area (Å²) in [5.41, 5.74) is 5.80. The molecule has 2 atom stereocenters. The smallest absolute Gasteiger partial charge is 0.303 e. The second kappa shape index (κ2) is 6.59. The van der Waals surface area contributed by atoms with Crippen LogP contribution in [0.3, 0.4) is 0 Å². The quantitative estimate of drug-likeness (QED) is 0.748. The van der Waals surface area contributed by atoms with Crippen molar-refractivity contribution in [2.45, 2.75) is 45.1 Å². The third-order valence-electron chi connectivity index (χ3n) is 3.21. The molecule has 0 aromatic carbocycles. The second-order valence-corrected chi connectivity index (χ2v) is 4.79. The van der Waals surface area contributed by atoms with Crippen molar-refractivity contribution in [1.82, 2.24) is 4.90 Å². The molecule has 1 amide bonds. The lowest BCUT2D eigenvalue weighted by atomic mass is 9.94. The minimum Gasteiger partial charge on any atom is -0.481 e. The van der Waals surface area contributed by atoms with Gasteiger partial charge in [0.1, 0.15) is 0 Å². The molecule has 98 valence electrons. The first-order valence-electron chi connectivity index (χ1n) is 6.30. The van der Waals surface area contributed by atoms with Gasteiger partial charge in [-0.15, -0.1) is 0 Å². The number of aliphatic carboxylic acids is 1. The van der Waals surface area contributed by atoms with Gasteiger partial charge in [0.2, 0.25) is 5.91 Å². The number of likely N-dealkylation sites (tertiary alicyclic amines) is 1. The lowest BCUT2D eigenvalue weighted by Gasteiger charge is -2.33. The van der Waals surface area contributed by atoms with Crippen molar-refractivity contribution >= 4 is 11.9 Å². The number of carboxylic acids is 1. The van der Waals surface area contributed by atoms with Gasteiger partial charge in [-0.2, -0.15) is 0 Å². The lowest BCUT2D eigenvalue weighted by molar-refractivity contribution is -0.141. The van der Waals surface area contributed by atoms with Gasteiger partial charge >= 0.3 is 5.97 Å². The fourth-order valence-corrected chi connectivity index (χ4v) is 2.35. The van der Waals surface area contributed by atoms with Crippen LogP contribution in [0.2, 0.25) is 0 Å². The number of nitrogens with zero attached hydrogens (tertiary/aromatic N) is 1. The number of rotatable bonds is 5. The molecule has 0 radical (unpaired) electrons. The van der Waals surface area contributed by atoms with Crippen molar-refractivity contribution in [3.8, 4) is 0 Å². The van der Waals surface area contributed by atoms with Crippen LogP contribution in [0.1, 0.15) is 39.0 Å². The van der Waals surface area contributed by atoms with Gasteiger partial charge in [0.25, 0.3) is 0 Å². The number of carbonyl (C=O) groups excluding carboxylic acids is 1. The monoisotopic (exact) mass is 242 g/mol. The van der Waals surface area contributed by atoms with Gasteiger partial charge in [-0.25, -0.2) is 0 Å². The van der Waals surface area contributed by atoms with E-state index in [-0.39, 0.29) is 18.2 Å². The molecule has 5 nitrogen and oxygen atoms in total. The summed E-state index contributed by atoms with van der Waals surface area (Å²) in [5.74, 6) is -0.733. The average molecular weight is 242 g/mol. The highest BCUT2D eigenvalue weighted by Crippen LogP contribution is 2.20. The maximum atomic E-state index is 12.0. The van der Waals surface area contributed by atoms with E-state index in [1.54, 1.807) is 4.90 Å². The molecule has 1 fully saturated rings. The van der Waals surface area contributed by atoms with Gasteiger partial charge < -0.3 is 15.7 Å². The van der Waals surface area contributed by atoms with Gasteiger partial charge in [-0.1, -0.05) is 13.3 Å². The molecule has 1 aliphatic rings. The van der Waals surface area contributed by atoms with Crippen LogP contribution in [0.15, 0.2) is 0 Å². The first-order valence-corrected chi connectivity index (χ1v) is 6.30. The summed E-state index contributed by atoms with van der Waals surface area (Å²) in [6, 6.07) is -0.427. The first kappa shape index (κ1) is 14.0. The summed E-state index contributed by atoms with van der Waals surface area (Å²) in [7, 11) is 0. The number of carbonyl (C=O) groups is 2. The van der Waals surface area contributed by atoms with Crippen molar-refractivity contribution in [2.24, 2.45) is 11.7 Å². The summed E-state index contributed by atoms with van der Waals surface area (Å²) >= 11 is 0. The Morgan fingerprint density at radius 2 is 2.24 bits per heavy atom. The molecule has 1 unspecified atom stereocenters. The summed E-state index contributed by atoms with van der Waals surface area (Å²) in [6.45, 7) is 3.26. The fourth-order valence-electron chi connectivity index (χ4n) is 2.35. The minimum atomic E-state index is -0.790. The molecule has 0 aromatic heterocycles. The Morgan fingerprint density at radius 3 is 2.82 bits per heavy atom. The molecule has 0 bridgehead atoms. The van der Waals surface area contributed by atoms with E-state index in [9.17, 15) is 9.59 Å². The van der Waals surface area contributed by atoms with Crippen LogP contribution in [0.4, 0.5) is 0 Å². The summed E-state index contributed by atoms with van der Waals surface area (Å²) in [4.78, 5) is 24.4. The Bertz CT molecular complexity index is 281. The molecule has 1 saturated heterocycles. The van der Waals surface area contributed by atoms with Gasteiger partial charge in [-0.05, 0) is 25.2 Å². The van der Waals surface area contributed by atoms with E-state index in [0.717, 1.165) is 19.3 Å². The summed E-state index contributed by atoms with van der Waals surface area (Å²) < 4.78 is 0. The Morgan fingerprint density at radius 1 is 1.53 bits per heavy atom. The van der Waals surface area contributed by atoms with Crippen molar-refractivity contribution in [2.75, 3.05) is 13.1 Å². The fraction of sp³-hybridized carbons (Fsp3) is 0.833. The topological polar surface area (TPSA) is 83.6 Å². The van der Waals surface area contributed by atoms with Crippen molar-refractivity contribution in [1.29, 1.82) is 0 Å². The zero-order valence-corrected chi connectivity index (χ0v) is 10.4. The maximum absolute atomic E-state index is 12.0. The molecular weight excluding hydrogens is 220 g/mol. The third kappa shape index (κ3) is 4.34. The molecule has 1 heterocycles. The van der Waals surface area contributed by atoms with E-state index in [1.165, 1.54) is 0 Å². The normalized spacial score (nSPS) is 22.2. The number of hydrogen-bond acceptors (Lipinski definition) is 3. The number of nitrogens with two attached hydrogens (primary N) is 1. The highest BCUT2D eigenvalue weighted by Gasteiger charge is 2.27. The van der Waals surface area contributed by atoms with Gasteiger partial charge in [0.15, 0.2) is 0 Å². The first-order chi connectivity index (χ1) is 8.04. The van der Waals surface area contributed by atoms with E-state index in [2.05, 4.69) is 0 Å². The number of amides is 1. The molecule has 1 aliphatic heterocycles. The van der Waals surface area contributed by atoms with E-state index in [4.69, 9.17) is 10.8 Å². The Kier molecular flexibility index (Phi) is 5.41. The SMILES string of the molecule is CCC[C@H](N)C(=O)N1CCCC(CC(=O)O)C1. The third-order valence-corrected chi connectivity index (χ3v) is 3.21. The second-order valence-electron chi connectivity index (χ2n) is 4.79. The average Bonchev–Trinajstić information content (AvgIpc) is 2.28. The maximum Gasteiger partial charge on any atom is 0.303 e. The zero-order valence-electron chi connectivity index (χ0n) is 10.4. The minimum absolute atomic E-state index is 0.0260. The van der Waals surface area contributed by atoms with Gasteiger partial charge in [0.05, 0.1) is 6.04 Å². The van der Waals surface area contributed by atoms with Crippen LogP contribution in [0.5, 0.6) is 0 Å². The summed E-state index contributed by atoms with van der Waals surface area (Å²) in [5, 5.41) is 8.76. The molecule has 1 rings (SSSR count). The van der Waals surface area contributed by atoms with E-state index >= 15 is 0 Å². The standard InChI is InChI=1S/C12H22N2O3/c1-2-4-10(13)12(17)14-6-3-5-9(8-14)7-11(15)16/h9-10H,2-8,13H2,1H3,(H,15,16)/t9?,10-/m0/s1. The zero-order chi connectivity index (χ0) is 12.8. The van der Waals surface area contributed by atoms with Crippen molar-refractivity contribution < 1.29 is 14.7 Å². The summed E-state index contributed by atoms with van der Waals surface area (Å²) in [6.07, 6.45) is 3.49. The highest BCUT2D eigenvalue weighted by atomic mass is 16.4. The van der Waals surface area contributed by atoms with Crippen LogP contribution >= 0.6 is 0 Å². The largest absolute Gasteiger partial charge is 0.481 e. The number of hydrogen-bond donors (Lipinski definition) is 2. The predicted octanol–water partition coefficient (Wildman–Crippen LogP) is 0.827. The molecule has 17 heavy (non-hydrogen) atoms. The molecule has 0 spiro atoms. The molecule has 0 aromatic rings. The van der Waals surface area contributed by atoms with E-state index < -0.39 is 12.0 Å². The van der Waals surface area contributed by atoms with Crippen LogP contribution < -0.4 is 5.73 Å². The number of piperidine rings is 1. The molecule has 0 saturated carbocycles. The van der Waals surface area contributed by atoms with Crippen LogP contribution in [0.25, 0.3) is 0 Å². The molecule has 0 aliphatic carbocycles. The van der Waals surface area contributed by atoms with Crippen LogP contribution in [0, 0.1) is 5.92 Å². The Labute approximate surface area is 102 Å². The van der Waals surface area contributed by atoms with E-state index in [0.29, 0.717) is 19.5 Å². The Balaban J connectivity index is 2.48.